The number of esters is 1. The maximum atomic E-state index is 12.2. The summed E-state index contributed by atoms with van der Waals surface area (Å²) in [6, 6.07) is 12.4. The second kappa shape index (κ2) is 8.84. The Morgan fingerprint density at radius 1 is 1.15 bits per heavy atom. The molecule has 0 saturated heterocycles. The van der Waals surface area contributed by atoms with E-state index in [0.29, 0.717) is 28.7 Å². The summed E-state index contributed by atoms with van der Waals surface area (Å²) in [5.74, 6) is 0.759. The number of halogens is 1. The maximum Gasteiger partial charge on any atom is 0.357 e. The summed E-state index contributed by atoms with van der Waals surface area (Å²) in [7, 11) is 0. The molecule has 0 unspecified atom stereocenters. The molecular weight excluding hydrogens is 366 g/mol. The van der Waals surface area contributed by atoms with Crippen molar-refractivity contribution in [2.75, 3.05) is 6.61 Å². The van der Waals surface area contributed by atoms with Gasteiger partial charge in [0, 0.05) is 22.2 Å². The molecule has 0 aliphatic rings. The first-order valence-corrected chi connectivity index (χ1v) is 9.13. The monoisotopic (exact) mass is 385 g/mol. The molecule has 3 rings (SSSR count). The molecule has 140 valence electrons. The Bertz CT molecular complexity index is 941. The van der Waals surface area contributed by atoms with Crippen molar-refractivity contribution >= 4 is 28.3 Å². The van der Waals surface area contributed by atoms with Gasteiger partial charge in [0.25, 0.3) is 0 Å². The standard InChI is InChI=1S/C21H20ClNO4/c1-2-3-10-26-21(25)20-19(13-24)18-9-8-17(11-14(18)12-23-20)27-16-6-4-15(22)5-7-16/h4-9,11-12,24H,2-3,10,13H2,1H3. The van der Waals surface area contributed by atoms with Crippen LogP contribution in [0.15, 0.2) is 48.7 Å². The number of carbonyl (C=O) groups is 1. The molecule has 27 heavy (non-hydrogen) atoms. The third-order valence-electron chi connectivity index (χ3n) is 4.10. The molecule has 6 heteroatoms. The molecule has 0 aliphatic heterocycles. The molecule has 0 fully saturated rings. The minimum absolute atomic E-state index is 0.146. The fourth-order valence-corrected chi connectivity index (χ4v) is 2.80. The van der Waals surface area contributed by atoms with Gasteiger partial charge in [0.05, 0.1) is 13.2 Å². The maximum absolute atomic E-state index is 12.2. The quantitative estimate of drug-likeness (QED) is 0.451. The van der Waals surface area contributed by atoms with Crippen LogP contribution in [0.4, 0.5) is 0 Å². The van der Waals surface area contributed by atoms with Gasteiger partial charge < -0.3 is 14.6 Å². The first-order chi connectivity index (χ1) is 13.1. The number of pyridine rings is 1. The van der Waals surface area contributed by atoms with Crippen LogP contribution < -0.4 is 4.74 Å². The van der Waals surface area contributed by atoms with Gasteiger partial charge in [-0.2, -0.15) is 0 Å². The number of aliphatic hydroxyl groups is 1. The highest BCUT2D eigenvalue weighted by atomic mass is 35.5. The summed E-state index contributed by atoms with van der Waals surface area (Å²) in [5.41, 5.74) is 0.597. The number of rotatable bonds is 7. The van der Waals surface area contributed by atoms with E-state index in [-0.39, 0.29) is 12.3 Å². The number of aliphatic hydroxyl groups excluding tert-OH is 1. The largest absolute Gasteiger partial charge is 0.461 e. The van der Waals surface area contributed by atoms with Gasteiger partial charge >= 0.3 is 5.97 Å². The van der Waals surface area contributed by atoms with Crippen molar-refractivity contribution < 1.29 is 19.4 Å². The number of fused-ring (bicyclic) bond motifs is 1. The highest BCUT2D eigenvalue weighted by Crippen LogP contribution is 2.29. The van der Waals surface area contributed by atoms with Crippen LogP contribution in [0, 0.1) is 0 Å². The van der Waals surface area contributed by atoms with Gasteiger partial charge in [-0.05, 0) is 48.2 Å². The molecule has 3 aromatic rings. The number of hydrogen-bond acceptors (Lipinski definition) is 5. The van der Waals surface area contributed by atoms with E-state index in [0.717, 1.165) is 23.6 Å². The average molecular weight is 386 g/mol. The Hall–Kier alpha value is -2.63. The molecule has 0 saturated carbocycles. The van der Waals surface area contributed by atoms with E-state index in [1.807, 2.05) is 13.0 Å². The third kappa shape index (κ3) is 4.56. The second-order valence-electron chi connectivity index (χ2n) is 6.04. The van der Waals surface area contributed by atoms with Gasteiger partial charge in [-0.15, -0.1) is 0 Å². The lowest BCUT2D eigenvalue weighted by Gasteiger charge is -2.12. The van der Waals surface area contributed by atoms with Crippen LogP contribution in [0.3, 0.4) is 0 Å². The molecule has 0 radical (unpaired) electrons. The summed E-state index contributed by atoms with van der Waals surface area (Å²) in [6.07, 6.45) is 3.31. The van der Waals surface area contributed by atoms with Gasteiger partial charge in [-0.1, -0.05) is 31.0 Å². The number of nitrogens with zero attached hydrogens (tertiary/aromatic N) is 1. The van der Waals surface area contributed by atoms with Gasteiger partial charge in [0.1, 0.15) is 11.5 Å². The molecule has 0 atom stereocenters. The molecule has 2 aromatic carbocycles. The zero-order valence-corrected chi connectivity index (χ0v) is 15.7. The summed E-state index contributed by atoms with van der Waals surface area (Å²) >= 11 is 5.88. The molecule has 0 spiro atoms. The highest BCUT2D eigenvalue weighted by Gasteiger charge is 2.17. The summed E-state index contributed by atoms with van der Waals surface area (Å²) in [4.78, 5) is 16.5. The van der Waals surface area contributed by atoms with E-state index in [9.17, 15) is 9.90 Å². The van der Waals surface area contributed by atoms with Gasteiger partial charge in [-0.3, -0.25) is 0 Å². The van der Waals surface area contributed by atoms with Crippen molar-refractivity contribution in [3.8, 4) is 11.5 Å². The lowest BCUT2D eigenvalue weighted by Crippen LogP contribution is -2.12. The molecule has 1 heterocycles. The van der Waals surface area contributed by atoms with Crippen LogP contribution in [0.5, 0.6) is 11.5 Å². The normalized spacial score (nSPS) is 10.8. The van der Waals surface area contributed by atoms with E-state index in [1.54, 1.807) is 42.6 Å². The van der Waals surface area contributed by atoms with Crippen molar-refractivity contribution in [1.82, 2.24) is 4.98 Å². The van der Waals surface area contributed by atoms with Crippen molar-refractivity contribution in [3.63, 3.8) is 0 Å². The second-order valence-corrected chi connectivity index (χ2v) is 6.47. The number of hydrogen-bond donors (Lipinski definition) is 1. The van der Waals surface area contributed by atoms with E-state index in [2.05, 4.69) is 4.98 Å². The predicted octanol–water partition coefficient (Wildman–Crippen LogP) is 5.13. The van der Waals surface area contributed by atoms with Crippen LogP contribution in [0.25, 0.3) is 10.8 Å². The Morgan fingerprint density at radius 3 is 2.59 bits per heavy atom. The van der Waals surface area contributed by atoms with E-state index in [4.69, 9.17) is 21.1 Å². The molecule has 5 nitrogen and oxygen atoms in total. The molecule has 0 bridgehead atoms. The topological polar surface area (TPSA) is 68.7 Å². The smallest absolute Gasteiger partial charge is 0.357 e. The van der Waals surface area contributed by atoms with Gasteiger partial charge in [0.15, 0.2) is 5.69 Å². The number of ether oxygens (including phenoxy) is 2. The van der Waals surface area contributed by atoms with E-state index in [1.165, 1.54) is 0 Å². The van der Waals surface area contributed by atoms with E-state index >= 15 is 0 Å². The Morgan fingerprint density at radius 2 is 1.89 bits per heavy atom. The Labute approximate surface area is 162 Å². The molecule has 1 aromatic heterocycles. The number of benzene rings is 2. The van der Waals surface area contributed by atoms with E-state index < -0.39 is 5.97 Å². The Kier molecular flexibility index (Phi) is 6.27. The lowest BCUT2D eigenvalue weighted by atomic mass is 10.0. The van der Waals surface area contributed by atoms with Gasteiger partial charge in [0.2, 0.25) is 0 Å². The Balaban J connectivity index is 1.88. The SMILES string of the molecule is CCCCOC(=O)c1ncc2cc(Oc3ccc(Cl)cc3)ccc2c1CO. The molecule has 0 aliphatic carbocycles. The van der Waals surface area contributed by atoms with Crippen LogP contribution in [0.2, 0.25) is 5.02 Å². The van der Waals surface area contributed by atoms with Crippen molar-refractivity contribution in [1.29, 1.82) is 0 Å². The van der Waals surface area contributed by atoms with Crippen LogP contribution in [-0.2, 0) is 11.3 Å². The van der Waals surface area contributed by atoms with Crippen LogP contribution in [0.1, 0.15) is 35.8 Å². The summed E-state index contributed by atoms with van der Waals surface area (Å²) in [6.45, 7) is 2.05. The minimum atomic E-state index is -0.518. The van der Waals surface area contributed by atoms with Crippen molar-refractivity contribution in [3.05, 3.63) is 64.9 Å². The number of carbonyl (C=O) groups excluding carboxylic acids is 1. The molecule has 1 N–H and O–H groups in total. The third-order valence-corrected chi connectivity index (χ3v) is 4.35. The number of aromatic nitrogens is 1. The molecule has 0 amide bonds. The predicted molar refractivity (Wildman–Crippen MR) is 104 cm³/mol. The minimum Gasteiger partial charge on any atom is -0.461 e. The highest BCUT2D eigenvalue weighted by molar-refractivity contribution is 6.30. The summed E-state index contributed by atoms with van der Waals surface area (Å²) < 4.78 is 11.0. The molecular formula is C21H20ClNO4. The zero-order chi connectivity index (χ0) is 19.2. The lowest BCUT2D eigenvalue weighted by molar-refractivity contribution is 0.0489. The first kappa shape index (κ1) is 19.1. The van der Waals surface area contributed by atoms with Crippen molar-refractivity contribution in [2.24, 2.45) is 0 Å². The average Bonchev–Trinajstić information content (AvgIpc) is 2.68. The van der Waals surface area contributed by atoms with Crippen LogP contribution in [-0.4, -0.2) is 22.7 Å². The first-order valence-electron chi connectivity index (χ1n) is 8.75. The van der Waals surface area contributed by atoms with Crippen molar-refractivity contribution in [2.45, 2.75) is 26.4 Å². The van der Waals surface area contributed by atoms with Crippen LogP contribution >= 0.6 is 11.6 Å². The van der Waals surface area contributed by atoms with Gasteiger partial charge in [-0.25, -0.2) is 9.78 Å². The fraction of sp³-hybridized carbons (Fsp3) is 0.238. The fourth-order valence-electron chi connectivity index (χ4n) is 2.68. The number of unbranched alkanes of at least 4 members (excludes halogenated alkanes) is 1. The zero-order valence-electron chi connectivity index (χ0n) is 14.9. The summed E-state index contributed by atoms with van der Waals surface area (Å²) in [5, 5.41) is 11.9.